The first kappa shape index (κ1) is 19.1. The first-order valence-electron chi connectivity index (χ1n) is 9.91. The molecule has 1 unspecified atom stereocenters. The predicted octanol–water partition coefficient (Wildman–Crippen LogP) is 3.66. The maximum atomic E-state index is 13.0. The summed E-state index contributed by atoms with van der Waals surface area (Å²) in [7, 11) is 1.86. The van der Waals surface area contributed by atoms with E-state index in [9.17, 15) is 4.79 Å². The van der Waals surface area contributed by atoms with E-state index in [0.717, 1.165) is 34.7 Å². The van der Waals surface area contributed by atoms with Gasteiger partial charge in [0.05, 0.1) is 30.1 Å². The van der Waals surface area contributed by atoms with E-state index in [1.807, 2.05) is 55.6 Å². The van der Waals surface area contributed by atoms with Crippen LogP contribution in [-0.2, 0) is 13.5 Å². The molecule has 6 nitrogen and oxygen atoms in total. The molecule has 0 spiro atoms. The highest BCUT2D eigenvalue weighted by Gasteiger charge is 2.29. The Hall–Kier alpha value is -3.28. The Morgan fingerprint density at radius 3 is 2.86 bits per heavy atom. The third kappa shape index (κ3) is 3.97. The number of aromatic nitrogens is 2. The van der Waals surface area contributed by atoms with E-state index in [4.69, 9.17) is 9.47 Å². The van der Waals surface area contributed by atoms with Crippen molar-refractivity contribution >= 4 is 5.91 Å². The fraction of sp³-hybridized carbons (Fsp3) is 0.304. The normalized spacial score (nSPS) is 14.9. The monoisotopic (exact) mass is 391 g/mol. The number of ether oxygens (including phenoxy) is 2. The molecule has 0 saturated carbocycles. The molecule has 4 rings (SSSR count). The van der Waals surface area contributed by atoms with Gasteiger partial charge in [-0.1, -0.05) is 49.4 Å². The first-order chi connectivity index (χ1) is 14.2. The summed E-state index contributed by atoms with van der Waals surface area (Å²) >= 11 is 0. The number of hydrogen-bond donors (Lipinski definition) is 1. The Kier molecular flexibility index (Phi) is 5.51. The number of nitrogens with zero attached hydrogens (tertiary/aromatic N) is 2. The highest BCUT2D eigenvalue weighted by Crippen LogP contribution is 2.40. The van der Waals surface area contributed by atoms with Gasteiger partial charge >= 0.3 is 0 Å². The lowest BCUT2D eigenvalue weighted by Gasteiger charge is -2.13. The summed E-state index contributed by atoms with van der Waals surface area (Å²) in [6, 6.07) is 15.7. The number of carbonyl (C=O) groups is 1. The molecular weight excluding hydrogens is 366 g/mol. The zero-order valence-electron chi connectivity index (χ0n) is 16.7. The molecule has 150 valence electrons. The van der Waals surface area contributed by atoms with E-state index in [2.05, 4.69) is 17.3 Å². The van der Waals surface area contributed by atoms with E-state index in [1.165, 1.54) is 0 Å². The Morgan fingerprint density at radius 1 is 1.24 bits per heavy atom. The lowest BCUT2D eigenvalue weighted by Crippen LogP contribution is -2.30. The highest BCUT2D eigenvalue weighted by molar-refractivity contribution is 5.95. The maximum absolute atomic E-state index is 13.0. The van der Waals surface area contributed by atoms with E-state index >= 15 is 0 Å². The maximum Gasteiger partial charge on any atom is 0.255 e. The SMILES string of the molecule is CCCOc1cccc2c1OCC2NC(=O)c1cnn(C)c1Cc1ccccc1. The second kappa shape index (κ2) is 8.39. The van der Waals surface area contributed by atoms with Crippen molar-refractivity contribution in [3.05, 3.63) is 77.1 Å². The molecule has 3 aromatic rings. The van der Waals surface area contributed by atoms with Crippen molar-refractivity contribution in [2.24, 2.45) is 7.05 Å². The Morgan fingerprint density at radius 2 is 2.07 bits per heavy atom. The van der Waals surface area contributed by atoms with Crippen molar-refractivity contribution in [3.63, 3.8) is 0 Å². The van der Waals surface area contributed by atoms with Gasteiger partial charge in [0.2, 0.25) is 0 Å². The van der Waals surface area contributed by atoms with Crippen LogP contribution in [0.2, 0.25) is 0 Å². The minimum absolute atomic E-state index is 0.148. The van der Waals surface area contributed by atoms with Gasteiger partial charge in [-0.25, -0.2) is 0 Å². The molecule has 1 aromatic heterocycles. The van der Waals surface area contributed by atoms with Crippen LogP contribution in [0.3, 0.4) is 0 Å². The van der Waals surface area contributed by atoms with Gasteiger partial charge in [0, 0.05) is 19.0 Å². The zero-order chi connectivity index (χ0) is 20.2. The van der Waals surface area contributed by atoms with E-state index in [1.54, 1.807) is 10.9 Å². The van der Waals surface area contributed by atoms with Crippen molar-refractivity contribution in [2.75, 3.05) is 13.2 Å². The van der Waals surface area contributed by atoms with Crippen molar-refractivity contribution in [3.8, 4) is 11.5 Å². The number of nitrogens with one attached hydrogen (secondary N) is 1. The van der Waals surface area contributed by atoms with Crippen LogP contribution < -0.4 is 14.8 Å². The van der Waals surface area contributed by atoms with Crippen LogP contribution in [0.4, 0.5) is 0 Å². The van der Waals surface area contributed by atoms with Crippen LogP contribution in [0.1, 0.15) is 46.6 Å². The number of benzene rings is 2. The summed E-state index contributed by atoms with van der Waals surface area (Å²) < 4.78 is 13.4. The summed E-state index contributed by atoms with van der Waals surface area (Å²) in [6.07, 6.45) is 3.20. The Bertz CT molecular complexity index is 998. The number of carbonyl (C=O) groups excluding carboxylic acids is 1. The van der Waals surface area contributed by atoms with Gasteiger partial charge < -0.3 is 14.8 Å². The van der Waals surface area contributed by atoms with E-state index in [0.29, 0.717) is 25.2 Å². The number of rotatable bonds is 7. The number of para-hydroxylation sites is 1. The van der Waals surface area contributed by atoms with Gasteiger partial charge in [-0.05, 0) is 18.1 Å². The molecule has 29 heavy (non-hydrogen) atoms. The molecule has 1 atom stereocenters. The van der Waals surface area contributed by atoms with E-state index < -0.39 is 0 Å². The average Bonchev–Trinajstić information content (AvgIpc) is 3.31. The predicted molar refractivity (Wildman–Crippen MR) is 110 cm³/mol. The van der Waals surface area contributed by atoms with Gasteiger partial charge in [-0.2, -0.15) is 5.10 Å². The molecule has 0 bridgehead atoms. The Balaban J connectivity index is 1.52. The number of fused-ring (bicyclic) bond motifs is 1. The number of amides is 1. The second-order valence-corrected chi connectivity index (χ2v) is 7.15. The standard InChI is InChI=1S/C23H25N3O3/c1-3-12-28-21-11-7-10-17-19(15-29-22(17)21)25-23(27)18-14-24-26(2)20(18)13-16-8-5-4-6-9-16/h4-11,14,19H,3,12-13,15H2,1-2H3,(H,25,27). The highest BCUT2D eigenvalue weighted by atomic mass is 16.5. The van der Waals surface area contributed by atoms with Crippen molar-refractivity contribution in [1.29, 1.82) is 0 Å². The molecule has 6 heteroatoms. The number of aryl methyl sites for hydroxylation is 1. The van der Waals surface area contributed by atoms with Crippen molar-refractivity contribution in [1.82, 2.24) is 15.1 Å². The van der Waals surface area contributed by atoms with Gasteiger partial charge in [-0.15, -0.1) is 0 Å². The smallest absolute Gasteiger partial charge is 0.255 e. The summed E-state index contributed by atoms with van der Waals surface area (Å²) in [5, 5.41) is 7.41. The van der Waals surface area contributed by atoms with Gasteiger partial charge in [0.15, 0.2) is 11.5 Å². The van der Waals surface area contributed by atoms with Crippen molar-refractivity contribution < 1.29 is 14.3 Å². The topological polar surface area (TPSA) is 65.4 Å². The molecule has 0 radical (unpaired) electrons. The lowest BCUT2D eigenvalue weighted by atomic mass is 10.0. The van der Waals surface area contributed by atoms with E-state index in [-0.39, 0.29) is 11.9 Å². The molecule has 2 aromatic carbocycles. The molecule has 1 amide bonds. The quantitative estimate of drug-likeness (QED) is 0.668. The van der Waals surface area contributed by atoms with Crippen molar-refractivity contribution in [2.45, 2.75) is 25.8 Å². The average molecular weight is 391 g/mol. The molecule has 0 saturated heterocycles. The largest absolute Gasteiger partial charge is 0.490 e. The van der Waals surface area contributed by atoms with Gasteiger partial charge in [0.25, 0.3) is 5.91 Å². The fourth-order valence-corrected chi connectivity index (χ4v) is 3.55. The van der Waals surface area contributed by atoms with Crippen LogP contribution in [0.25, 0.3) is 0 Å². The summed E-state index contributed by atoms with van der Waals surface area (Å²) in [5.41, 5.74) is 3.55. The van der Waals surface area contributed by atoms with Crippen LogP contribution in [0.5, 0.6) is 11.5 Å². The third-order valence-corrected chi connectivity index (χ3v) is 5.07. The fourth-order valence-electron chi connectivity index (χ4n) is 3.55. The molecule has 2 heterocycles. The third-order valence-electron chi connectivity index (χ3n) is 5.07. The second-order valence-electron chi connectivity index (χ2n) is 7.15. The molecular formula is C23H25N3O3. The molecule has 0 aliphatic carbocycles. The van der Waals surface area contributed by atoms with Crippen LogP contribution in [0, 0.1) is 0 Å². The number of hydrogen-bond acceptors (Lipinski definition) is 4. The van der Waals surface area contributed by atoms with Crippen LogP contribution in [0.15, 0.2) is 54.7 Å². The van der Waals surface area contributed by atoms with Crippen LogP contribution >= 0.6 is 0 Å². The molecule has 0 fully saturated rings. The van der Waals surface area contributed by atoms with Crippen LogP contribution in [-0.4, -0.2) is 28.9 Å². The lowest BCUT2D eigenvalue weighted by molar-refractivity contribution is 0.0929. The Labute approximate surface area is 170 Å². The molecule has 1 aliphatic rings. The van der Waals surface area contributed by atoms with Gasteiger partial charge in [-0.3, -0.25) is 9.48 Å². The minimum atomic E-state index is -0.215. The van der Waals surface area contributed by atoms with Gasteiger partial charge in [0.1, 0.15) is 6.61 Å². The summed E-state index contributed by atoms with van der Waals surface area (Å²) in [6.45, 7) is 3.09. The molecule has 1 aliphatic heterocycles. The zero-order valence-corrected chi connectivity index (χ0v) is 16.7. The summed E-state index contributed by atoms with van der Waals surface area (Å²) in [5.74, 6) is 1.31. The minimum Gasteiger partial charge on any atom is -0.490 e. The molecule has 1 N–H and O–H groups in total. The summed E-state index contributed by atoms with van der Waals surface area (Å²) in [4.78, 5) is 13.0. The first-order valence-corrected chi connectivity index (χ1v) is 9.91.